The van der Waals surface area contributed by atoms with Gasteiger partial charge in [0.2, 0.25) is 5.91 Å². The van der Waals surface area contributed by atoms with Crippen LogP contribution in [0.15, 0.2) is 24.3 Å². The lowest BCUT2D eigenvalue weighted by molar-refractivity contribution is -0.117. The van der Waals surface area contributed by atoms with Crippen LogP contribution in [0.2, 0.25) is 0 Å². The van der Waals surface area contributed by atoms with Crippen molar-refractivity contribution in [3.63, 3.8) is 0 Å². The van der Waals surface area contributed by atoms with Crippen LogP contribution in [-0.2, 0) is 4.79 Å². The van der Waals surface area contributed by atoms with Crippen LogP contribution in [0.4, 0.5) is 5.69 Å². The second-order valence-electron chi connectivity index (χ2n) is 5.63. The molecule has 4 nitrogen and oxygen atoms in total. The van der Waals surface area contributed by atoms with Crippen molar-refractivity contribution in [3.8, 4) is 0 Å². The predicted octanol–water partition coefficient (Wildman–Crippen LogP) is 2.56. The Labute approximate surface area is 120 Å². The monoisotopic (exact) mass is 274 g/mol. The third kappa shape index (κ3) is 3.90. The van der Waals surface area contributed by atoms with Crippen LogP contribution < -0.4 is 5.32 Å². The quantitative estimate of drug-likeness (QED) is 0.858. The maximum absolute atomic E-state index is 12.1. The minimum atomic E-state index is -0.0483. The first kappa shape index (κ1) is 14.7. The zero-order chi connectivity index (χ0) is 14.5. The molecule has 2 rings (SSSR count). The van der Waals surface area contributed by atoms with E-state index in [2.05, 4.69) is 17.1 Å². The van der Waals surface area contributed by atoms with Gasteiger partial charge in [0.15, 0.2) is 5.78 Å². The molecule has 0 bridgehead atoms. The van der Waals surface area contributed by atoms with E-state index in [9.17, 15) is 9.59 Å². The van der Waals surface area contributed by atoms with Gasteiger partial charge in [-0.1, -0.05) is 19.1 Å². The van der Waals surface area contributed by atoms with Gasteiger partial charge in [-0.2, -0.15) is 0 Å². The minimum Gasteiger partial charge on any atom is -0.324 e. The molecule has 0 aromatic heterocycles. The molecule has 1 aromatic carbocycles. The second-order valence-corrected chi connectivity index (χ2v) is 5.63. The number of hydrogen-bond donors (Lipinski definition) is 1. The molecular formula is C16H22N2O2. The van der Waals surface area contributed by atoms with Crippen molar-refractivity contribution in [1.82, 2.24) is 4.90 Å². The lowest BCUT2D eigenvalue weighted by Crippen LogP contribution is -2.39. The molecule has 1 aliphatic rings. The number of benzene rings is 1. The fourth-order valence-corrected chi connectivity index (χ4v) is 2.72. The first-order chi connectivity index (χ1) is 9.56. The molecule has 0 aliphatic carbocycles. The van der Waals surface area contributed by atoms with Gasteiger partial charge in [-0.05, 0) is 44.4 Å². The van der Waals surface area contributed by atoms with E-state index in [1.807, 2.05) is 6.07 Å². The maximum Gasteiger partial charge on any atom is 0.238 e. The lowest BCUT2D eigenvalue weighted by Gasteiger charge is -2.30. The molecule has 4 heteroatoms. The van der Waals surface area contributed by atoms with E-state index in [1.165, 1.54) is 13.3 Å². The Morgan fingerprint density at radius 2 is 2.10 bits per heavy atom. The zero-order valence-electron chi connectivity index (χ0n) is 12.2. The number of Topliss-reactive ketones (excluding diaryl/α,β-unsaturated/α-hetero) is 1. The Morgan fingerprint density at radius 3 is 2.80 bits per heavy atom. The number of carbonyl (C=O) groups excluding carboxylic acids is 2. The number of carbonyl (C=O) groups is 2. The van der Waals surface area contributed by atoms with E-state index in [-0.39, 0.29) is 11.7 Å². The van der Waals surface area contributed by atoms with Crippen LogP contribution in [0.5, 0.6) is 0 Å². The highest BCUT2D eigenvalue weighted by atomic mass is 16.2. The van der Waals surface area contributed by atoms with Crippen molar-refractivity contribution in [2.24, 2.45) is 5.92 Å². The van der Waals surface area contributed by atoms with Gasteiger partial charge in [-0.15, -0.1) is 0 Å². The Balaban J connectivity index is 1.96. The van der Waals surface area contributed by atoms with E-state index in [0.29, 0.717) is 23.7 Å². The average Bonchev–Trinajstić information content (AvgIpc) is 2.38. The van der Waals surface area contributed by atoms with Gasteiger partial charge in [0.05, 0.1) is 12.2 Å². The SMILES string of the molecule is CC(=O)c1ccccc1NC(=O)CN1CCC[C@@H](C)C1. The molecular weight excluding hydrogens is 252 g/mol. The number of amides is 1. The van der Waals surface area contributed by atoms with Crippen molar-refractivity contribution in [1.29, 1.82) is 0 Å². The third-order valence-electron chi connectivity index (χ3n) is 3.69. The summed E-state index contributed by atoms with van der Waals surface area (Å²) in [4.78, 5) is 25.8. The Kier molecular flexibility index (Phi) is 4.90. The van der Waals surface area contributed by atoms with E-state index in [1.54, 1.807) is 18.2 Å². The number of likely N-dealkylation sites (tertiary alicyclic amines) is 1. The molecule has 1 saturated heterocycles. The van der Waals surface area contributed by atoms with E-state index in [4.69, 9.17) is 0 Å². The minimum absolute atomic E-state index is 0.0347. The Hall–Kier alpha value is -1.68. The zero-order valence-corrected chi connectivity index (χ0v) is 12.2. The average molecular weight is 274 g/mol. The second kappa shape index (κ2) is 6.66. The highest BCUT2D eigenvalue weighted by molar-refractivity contribution is 6.04. The molecule has 0 unspecified atom stereocenters. The molecule has 1 N–H and O–H groups in total. The Bertz CT molecular complexity index is 499. The van der Waals surface area contributed by atoms with Crippen LogP contribution >= 0.6 is 0 Å². The van der Waals surface area contributed by atoms with Gasteiger partial charge in [-0.25, -0.2) is 0 Å². The summed E-state index contributed by atoms with van der Waals surface area (Å²) < 4.78 is 0. The molecule has 0 radical (unpaired) electrons. The molecule has 1 heterocycles. The molecule has 0 saturated carbocycles. The summed E-state index contributed by atoms with van der Waals surface area (Å²) in [5, 5.41) is 2.85. The molecule has 1 atom stereocenters. The summed E-state index contributed by atoms with van der Waals surface area (Å²) >= 11 is 0. The maximum atomic E-state index is 12.1. The number of piperidine rings is 1. The number of ketones is 1. The topological polar surface area (TPSA) is 49.4 Å². The van der Waals surface area contributed by atoms with Gasteiger partial charge in [-0.3, -0.25) is 14.5 Å². The van der Waals surface area contributed by atoms with Crippen LogP contribution in [0.1, 0.15) is 37.0 Å². The molecule has 1 aromatic rings. The standard InChI is InChI=1S/C16H22N2O2/c1-12-6-5-9-18(10-12)11-16(20)17-15-8-4-3-7-14(15)13(2)19/h3-4,7-8,12H,5-6,9-11H2,1-2H3,(H,17,20)/t12-/m1/s1. The van der Waals surface area contributed by atoms with Crippen LogP contribution in [0.3, 0.4) is 0 Å². The predicted molar refractivity (Wildman–Crippen MR) is 79.9 cm³/mol. The number of nitrogens with one attached hydrogen (secondary N) is 1. The van der Waals surface area contributed by atoms with Crippen molar-refractivity contribution in [3.05, 3.63) is 29.8 Å². The number of para-hydroxylation sites is 1. The van der Waals surface area contributed by atoms with Crippen LogP contribution in [-0.4, -0.2) is 36.2 Å². The third-order valence-corrected chi connectivity index (χ3v) is 3.69. The molecule has 1 fully saturated rings. The molecule has 0 spiro atoms. The van der Waals surface area contributed by atoms with Gasteiger partial charge in [0.25, 0.3) is 0 Å². The van der Waals surface area contributed by atoms with E-state index in [0.717, 1.165) is 19.5 Å². The highest BCUT2D eigenvalue weighted by Crippen LogP contribution is 2.17. The first-order valence-corrected chi connectivity index (χ1v) is 7.18. The smallest absolute Gasteiger partial charge is 0.238 e. The number of anilines is 1. The van der Waals surface area contributed by atoms with Crippen LogP contribution in [0.25, 0.3) is 0 Å². The van der Waals surface area contributed by atoms with Crippen molar-refractivity contribution in [2.45, 2.75) is 26.7 Å². The lowest BCUT2D eigenvalue weighted by atomic mass is 10.0. The largest absolute Gasteiger partial charge is 0.324 e. The summed E-state index contributed by atoms with van der Waals surface area (Å²) in [6.45, 7) is 6.08. The number of rotatable bonds is 4. The van der Waals surface area contributed by atoms with E-state index < -0.39 is 0 Å². The summed E-state index contributed by atoms with van der Waals surface area (Å²) in [5.74, 6) is 0.571. The molecule has 1 amide bonds. The van der Waals surface area contributed by atoms with E-state index >= 15 is 0 Å². The summed E-state index contributed by atoms with van der Waals surface area (Å²) in [6.07, 6.45) is 2.39. The molecule has 1 aliphatic heterocycles. The normalized spacial score (nSPS) is 19.6. The van der Waals surface area contributed by atoms with Crippen LogP contribution in [0, 0.1) is 5.92 Å². The summed E-state index contributed by atoms with van der Waals surface area (Å²) in [5.41, 5.74) is 1.17. The Morgan fingerprint density at radius 1 is 1.35 bits per heavy atom. The van der Waals surface area contributed by atoms with Gasteiger partial charge in [0.1, 0.15) is 0 Å². The van der Waals surface area contributed by atoms with Crippen molar-refractivity contribution >= 4 is 17.4 Å². The van der Waals surface area contributed by atoms with Gasteiger partial charge in [0, 0.05) is 12.1 Å². The summed E-state index contributed by atoms with van der Waals surface area (Å²) in [6, 6.07) is 7.14. The number of hydrogen-bond acceptors (Lipinski definition) is 3. The fourth-order valence-electron chi connectivity index (χ4n) is 2.72. The molecule has 108 valence electrons. The molecule has 20 heavy (non-hydrogen) atoms. The van der Waals surface area contributed by atoms with Crippen molar-refractivity contribution in [2.75, 3.05) is 25.0 Å². The van der Waals surface area contributed by atoms with Gasteiger partial charge < -0.3 is 5.32 Å². The fraction of sp³-hybridized carbons (Fsp3) is 0.500. The van der Waals surface area contributed by atoms with Crippen molar-refractivity contribution < 1.29 is 9.59 Å². The number of nitrogens with zero attached hydrogens (tertiary/aromatic N) is 1. The summed E-state index contributed by atoms with van der Waals surface area (Å²) in [7, 11) is 0. The first-order valence-electron chi connectivity index (χ1n) is 7.18. The highest BCUT2D eigenvalue weighted by Gasteiger charge is 2.19. The van der Waals surface area contributed by atoms with Gasteiger partial charge >= 0.3 is 0 Å².